The number of anilines is 1. The predicted octanol–water partition coefficient (Wildman–Crippen LogP) is 4.88. The number of Topliss-reactive ketones (excluding diaryl/α,β-unsaturated/α-hetero) is 1. The third kappa shape index (κ3) is 8.97. The van der Waals surface area contributed by atoms with E-state index in [4.69, 9.17) is 0 Å². The van der Waals surface area contributed by atoms with Crippen molar-refractivity contribution in [2.45, 2.75) is 64.1 Å². The largest absolute Gasteiger partial charge is 0.352 e. The van der Waals surface area contributed by atoms with Crippen LogP contribution in [0.25, 0.3) is 0 Å². The first-order valence-electron chi connectivity index (χ1n) is 14.5. The highest BCUT2D eigenvalue weighted by atomic mass is 32.2. The molecule has 228 valence electrons. The van der Waals surface area contributed by atoms with E-state index >= 15 is 0 Å². The fourth-order valence-electron chi connectivity index (χ4n) is 5.38. The van der Waals surface area contributed by atoms with Crippen molar-refractivity contribution in [3.63, 3.8) is 0 Å². The molecule has 0 spiro atoms. The van der Waals surface area contributed by atoms with Gasteiger partial charge in [-0.15, -0.1) is 0 Å². The normalized spacial score (nSPS) is 14.5. The number of nitrogens with zero attached hydrogens (tertiary/aromatic N) is 2. The molecule has 0 aliphatic heterocycles. The molecule has 1 atom stereocenters. The van der Waals surface area contributed by atoms with Crippen molar-refractivity contribution < 1.29 is 27.2 Å². The summed E-state index contributed by atoms with van der Waals surface area (Å²) in [5, 5.41) is 3.14. The Labute approximate surface area is 252 Å². The van der Waals surface area contributed by atoms with Gasteiger partial charge < -0.3 is 10.2 Å². The van der Waals surface area contributed by atoms with Gasteiger partial charge in [-0.25, -0.2) is 12.8 Å². The van der Waals surface area contributed by atoms with E-state index in [1.807, 2.05) is 30.3 Å². The molecule has 0 radical (unpaired) electrons. The molecular weight excluding hydrogens is 569 g/mol. The first kappa shape index (κ1) is 31.9. The number of rotatable bonds is 12. The number of carbonyl (C=O) groups is 3. The highest BCUT2D eigenvalue weighted by molar-refractivity contribution is 7.92. The van der Waals surface area contributed by atoms with E-state index in [1.165, 1.54) is 36.1 Å². The Morgan fingerprint density at radius 3 is 2.21 bits per heavy atom. The fraction of sp³-hybridized carbons (Fsp3) is 0.364. The first-order valence-corrected chi connectivity index (χ1v) is 16.3. The molecule has 1 unspecified atom stereocenters. The molecule has 1 fully saturated rings. The van der Waals surface area contributed by atoms with Crippen LogP contribution >= 0.6 is 0 Å². The molecule has 0 aromatic heterocycles. The van der Waals surface area contributed by atoms with Crippen molar-refractivity contribution in [1.29, 1.82) is 0 Å². The summed E-state index contributed by atoms with van der Waals surface area (Å²) < 4.78 is 40.6. The van der Waals surface area contributed by atoms with Crippen molar-refractivity contribution in [2.75, 3.05) is 17.1 Å². The molecule has 1 saturated carbocycles. The minimum Gasteiger partial charge on any atom is -0.352 e. The summed E-state index contributed by atoms with van der Waals surface area (Å²) in [6, 6.07) is 20.0. The van der Waals surface area contributed by atoms with Gasteiger partial charge in [0.1, 0.15) is 18.4 Å². The second-order valence-electron chi connectivity index (χ2n) is 11.1. The van der Waals surface area contributed by atoms with Gasteiger partial charge in [-0.1, -0.05) is 73.9 Å². The zero-order valence-corrected chi connectivity index (χ0v) is 25.4. The summed E-state index contributed by atoms with van der Waals surface area (Å²) in [7, 11) is -3.97. The Kier molecular flexibility index (Phi) is 10.7. The van der Waals surface area contributed by atoms with Crippen LogP contribution in [-0.2, 0) is 32.6 Å². The predicted molar refractivity (Wildman–Crippen MR) is 165 cm³/mol. The molecule has 2 amide bonds. The van der Waals surface area contributed by atoms with Gasteiger partial charge in [-0.05, 0) is 55.2 Å². The lowest BCUT2D eigenvalue weighted by Gasteiger charge is -2.35. The van der Waals surface area contributed by atoms with Crippen LogP contribution in [-0.4, -0.2) is 55.8 Å². The molecule has 3 aromatic rings. The van der Waals surface area contributed by atoms with Crippen LogP contribution in [0.2, 0.25) is 0 Å². The van der Waals surface area contributed by atoms with Crippen LogP contribution < -0.4 is 9.62 Å². The van der Waals surface area contributed by atoms with Crippen molar-refractivity contribution >= 4 is 33.3 Å². The van der Waals surface area contributed by atoms with E-state index < -0.39 is 34.3 Å². The highest BCUT2D eigenvalue weighted by Gasteiger charge is 2.34. The summed E-state index contributed by atoms with van der Waals surface area (Å²) >= 11 is 0. The molecule has 1 aliphatic carbocycles. The maximum absolute atomic E-state index is 14.2. The minimum atomic E-state index is -3.97. The fourth-order valence-corrected chi connectivity index (χ4v) is 6.22. The van der Waals surface area contributed by atoms with Crippen LogP contribution in [0, 0.1) is 5.82 Å². The maximum atomic E-state index is 14.2. The van der Waals surface area contributed by atoms with E-state index in [0.29, 0.717) is 11.1 Å². The van der Waals surface area contributed by atoms with E-state index in [2.05, 4.69) is 5.32 Å². The SMILES string of the molecule is CC(=O)c1cccc(N(CC(=O)N(Cc2ccc(F)cc2)C(Cc2ccccc2)C(=O)NC2CCCCC2)S(C)(=O)=O)c1. The smallest absolute Gasteiger partial charge is 0.244 e. The van der Waals surface area contributed by atoms with E-state index in [-0.39, 0.29) is 36.4 Å². The molecule has 0 saturated heterocycles. The van der Waals surface area contributed by atoms with Gasteiger partial charge >= 0.3 is 0 Å². The lowest BCUT2D eigenvalue weighted by Crippen LogP contribution is -2.55. The summed E-state index contributed by atoms with van der Waals surface area (Å²) in [4.78, 5) is 41.5. The van der Waals surface area contributed by atoms with Crippen molar-refractivity contribution in [3.8, 4) is 0 Å². The van der Waals surface area contributed by atoms with Crippen LogP contribution in [0.5, 0.6) is 0 Å². The molecule has 1 aliphatic rings. The molecule has 0 heterocycles. The number of amides is 2. The average molecular weight is 608 g/mol. The lowest BCUT2D eigenvalue weighted by atomic mass is 9.94. The van der Waals surface area contributed by atoms with Gasteiger partial charge in [-0.2, -0.15) is 0 Å². The first-order chi connectivity index (χ1) is 20.5. The van der Waals surface area contributed by atoms with Gasteiger partial charge in [0.2, 0.25) is 21.8 Å². The monoisotopic (exact) mass is 607 g/mol. The van der Waals surface area contributed by atoms with Crippen LogP contribution in [0.1, 0.15) is 60.5 Å². The third-order valence-electron chi connectivity index (χ3n) is 7.71. The molecule has 3 aromatic carbocycles. The van der Waals surface area contributed by atoms with Crippen LogP contribution in [0.3, 0.4) is 0 Å². The van der Waals surface area contributed by atoms with Crippen molar-refractivity contribution in [1.82, 2.24) is 10.2 Å². The lowest BCUT2D eigenvalue weighted by molar-refractivity contribution is -0.140. The Balaban J connectivity index is 1.73. The number of nitrogens with one attached hydrogen (secondary N) is 1. The summed E-state index contributed by atoms with van der Waals surface area (Å²) in [5.74, 6) is -1.62. The molecular formula is C33H38FN3O5S. The van der Waals surface area contributed by atoms with Gasteiger partial charge in [0.05, 0.1) is 11.9 Å². The number of halogens is 1. The van der Waals surface area contributed by atoms with Crippen molar-refractivity contribution in [3.05, 3.63) is 101 Å². The van der Waals surface area contributed by atoms with Gasteiger partial charge in [0.25, 0.3) is 0 Å². The molecule has 8 nitrogen and oxygen atoms in total. The summed E-state index contributed by atoms with van der Waals surface area (Å²) in [6.45, 7) is 0.738. The molecule has 43 heavy (non-hydrogen) atoms. The Morgan fingerprint density at radius 2 is 1.58 bits per heavy atom. The van der Waals surface area contributed by atoms with E-state index in [9.17, 15) is 27.2 Å². The average Bonchev–Trinajstić information content (AvgIpc) is 2.99. The Morgan fingerprint density at radius 1 is 0.907 bits per heavy atom. The quantitative estimate of drug-likeness (QED) is 0.296. The van der Waals surface area contributed by atoms with Crippen LogP contribution in [0.4, 0.5) is 10.1 Å². The molecule has 0 bridgehead atoms. The number of ketones is 1. The van der Waals surface area contributed by atoms with Gasteiger partial charge in [0.15, 0.2) is 5.78 Å². The standard InChI is InChI=1S/C33H38FN3O5S/c1-24(38)27-12-9-15-30(21-27)37(43(2,41)42)23-32(39)36(22-26-16-18-28(34)19-17-26)31(20-25-10-5-3-6-11-25)33(40)35-29-13-7-4-8-14-29/h3,5-6,9-12,15-19,21,29,31H,4,7-8,13-14,20,22-23H2,1-2H3,(H,35,40). The topological polar surface area (TPSA) is 104 Å². The Bertz CT molecular complexity index is 1520. The number of sulfonamides is 1. The second-order valence-corrected chi connectivity index (χ2v) is 13.0. The third-order valence-corrected chi connectivity index (χ3v) is 8.85. The molecule has 1 N–H and O–H groups in total. The van der Waals surface area contributed by atoms with Crippen molar-refractivity contribution in [2.24, 2.45) is 0 Å². The number of hydrogen-bond donors (Lipinski definition) is 1. The number of benzene rings is 3. The van der Waals surface area contributed by atoms with Gasteiger partial charge in [-0.3, -0.25) is 18.7 Å². The van der Waals surface area contributed by atoms with Gasteiger partial charge in [0, 0.05) is 24.6 Å². The molecule has 10 heteroatoms. The minimum absolute atomic E-state index is 0.0101. The van der Waals surface area contributed by atoms with Crippen LogP contribution in [0.15, 0.2) is 78.9 Å². The number of carbonyl (C=O) groups excluding carboxylic acids is 3. The maximum Gasteiger partial charge on any atom is 0.244 e. The Hall–Kier alpha value is -4.05. The zero-order chi connectivity index (χ0) is 31.0. The second kappa shape index (κ2) is 14.4. The molecule has 4 rings (SSSR count). The summed E-state index contributed by atoms with van der Waals surface area (Å²) in [5.41, 5.74) is 1.88. The van der Waals surface area contributed by atoms with E-state index in [1.54, 1.807) is 24.3 Å². The number of hydrogen-bond acceptors (Lipinski definition) is 5. The highest BCUT2D eigenvalue weighted by Crippen LogP contribution is 2.23. The van der Waals surface area contributed by atoms with E-state index in [0.717, 1.165) is 48.2 Å². The summed E-state index contributed by atoms with van der Waals surface area (Å²) in [6.07, 6.45) is 6.02. The zero-order valence-electron chi connectivity index (χ0n) is 24.5.